The van der Waals surface area contributed by atoms with Gasteiger partial charge in [0, 0.05) is 39.8 Å². The summed E-state index contributed by atoms with van der Waals surface area (Å²) in [6.45, 7) is 3.47. The number of halogens is 3. The molecule has 4 nitrogen and oxygen atoms in total. The minimum absolute atomic E-state index is 0.236. The second kappa shape index (κ2) is 4.66. The summed E-state index contributed by atoms with van der Waals surface area (Å²) in [6, 6.07) is 0. The molecular weight excluding hydrogens is 233 g/mol. The predicted octanol–water partition coefficient (Wildman–Crippen LogP) is 0.844. The summed E-state index contributed by atoms with van der Waals surface area (Å²) in [5.74, 6) is 0. The molecular formula is C10H15F3N4. The summed E-state index contributed by atoms with van der Waals surface area (Å²) in [6.07, 6.45) is -3.42. The van der Waals surface area contributed by atoms with Crippen LogP contribution in [0.5, 0.6) is 0 Å². The molecule has 17 heavy (non-hydrogen) atoms. The maximum atomic E-state index is 12.7. The molecule has 0 spiro atoms. The van der Waals surface area contributed by atoms with Gasteiger partial charge < -0.3 is 5.32 Å². The third kappa shape index (κ3) is 2.78. The Morgan fingerprint density at radius 2 is 2.00 bits per heavy atom. The van der Waals surface area contributed by atoms with Gasteiger partial charge >= 0.3 is 6.18 Å². The van der Waals surface area contributed by atoms with Gasteiger partial charge in [-0.15, -0.1) is 0 Å². The Hall–Kier alpha value is -1.08. The number of aryl methyl sites for hydroxylation is 1. The van der Waals surface area contributed by atoms with E-state index in [9.17, 15) is 13.2 Å². The first-order valence-electron chi connectivity index (χ1n) is 5.49. The molecule has 0 radical (unpaired) electrons. The molecule has 0 amide bonds. The van der Waals surface area contributed by atoms with Gasteiger partial charge in [0.1, 0.15) is 0 Å². The molecule has 2 rings (SSSR count). The Balaban J connectivity index is 2.16. The first kappa shape index (κ1) is 12.4. The minimum Gasteiger partial charge on any atom is -0.314 e. The van der Waals surface area contributed by atoms with Gasteiger partial charge in [-0.1, -0.05) is 0 Å². The number of hydrogen-bond acceptors (Lipinski definition) is 3. The molecule has 2 heterocycles. The quantitative estimate of drug-likeness (QED) is 0.842. The third-order valence-corrected chi connectivity index (χ3v) is 2.95. The zero-order valence-corrected chi connectivity index (χ0v) is 9.59. The Morgan fingerprint density at radius 1 is 1.35 bits per heavy atom. The summed E-state index contributed by atoms with van der Waals surface area (Å²) < 4.78 is 39.5. The topological polar surface area (TPSA) is 33.1 Å². The van der Waals surface area contributed by atoms with E-state index in [4.69, 9.17) is 0 Å². The van der Waals surface area contributed by atoms with E-state index in [0.717, 1.165) is 32.4 Å². The number of rotatable bonds is 2. The van der Waals surface area contributed by atoms with Gasteiger partial charge in [-0.3, -0.25) is 9.58 Å². The van der Waals surface area contributed by atoms with Crippen LogP contribution in [-0.2, 0) is 19.8 Å². The van der Waals surface area contributed by atoms with Crippen LogP contribution in [0.2, 0.25) is 0 Å². The molecule has 1 saturated heterocycles. The van der Waals surface area contributed by atoms with Gasteiger partial charge in [-0.2, -0.15) is 18.3 Å². The van der Waals surface area contributed by atoms with Crippen LogP contribution in [0.3, 0.4) is 0 Å². The summed E-state index contributed by atoms with van der Waals surface area (Å²) in [5, 5.41) is 6.87. The van der Waals surface area contributed by atoms with Crippen LogP contribution in [0.15, 0.2) is 6.20 Å². The largest absolute Gasteiger partial charge is 0.419 e. The zero-order valence-electron chi connectivity index (χ0n) is 9.59. The number of nitrogens with zero attached hydrogens (tertiary/aromatic N) is 3. The van der Waals surface area contributed by atoms with Crippen LogP contribution >= 0.6 is 0 Å². The first-order chi connectivity index (χ1) is 7.98. The molecule has 0 aromatic carbocycles. The number of nitrogens with one attached hydrogen (secondary N) is 1. The maximum absolute atomic E-state index is 12.7. The SMILES string of the molecule is Cn1ncc(C(F)(F)F)c1CN1CCNCC1. The lowest BCUT2D eigenvalue weighted by atomic mass is 10.2. The lowest BCUT2D eigenvalue weighted by molar-refractivity contribution is -0.138. The number of hydrogen-bond donors (Lipinski definition) is 1. The number of aromatic nitrogens is 2. The van der Waals surface area contributed by atoms with E-state index in [0.29, 0.717) is 6.54 Å². The second-order valence-corrected chi connectivity index (χ2v) is 4.15. The third-order valence-electron chi connectivity index (χ3n) is 2.95. The molecule has 1 fully saturated rings. The molecule has 0 unspecified atom stereocenters. The fraction of sp³-hybridized carbons (Fsp3) is 0.700. The van der Waals surface area contributed by atoms with E-state index in [2.05, 4.69) is 10.4 Å². The molecule has 1 aromatic rings. The average Bonchev–Trinajstić information content (AvgIpc) is 2.62. The highest BCUT2D eigenvalue weighted by molar-refractivity contribution is 5.21. The van der Waals surface area contributed by atoms with Crippen molar-refractivity contribution in [2.24, 2.45) is 7.05 Å². The zero-order chi connectivity index (χ0) is 12.5. The van der Waals surface area contributed by atoms with Gasteiger partial charge in [-0.05, 0) is 0 Å². The van der Waals surface area contributed by atoms with E-state index >= 15 is 0 Å². The molecule has 7 heteroatoms. The van der Waals surface area contributed by atoms with E-state index in [1.54, 1.807) is 7.05 Å². The van der Waals surface area contributed by atoms with Crippen molar-refractivity contribution in [3.05, 3.63) is 17.5 Å². The van der Waals surface area contributed by atoms with Crippen molar-refractivity contribution in [1.29, 1.82) is 0 Å². The van der Waals surface area contributed by atoms with Crippen molar-refractivity contribution in [3.8, 4) is 0 Å². The van der Waals surface area contributed by atoms with Gasteiger partial charge in [-0.25, -0.2) is 0 Å². The first-order valence-corrected chi connectivity index (χ1v) is 5.49. The molecule has 0 bridgehead atoms. The Bertz CT molecular complexity index is 379. The lowest BCUT2D eigenvalue weighted by Gasteiger charge is -2.27. The molecule has 1 N–H and O–H groups in total. The highest BCUT2D eigenvalue weighted by atomic mass is 19.4. The smallest absolute Gasteiger partial charge is 0.314 e. The fourth-order valence-electron chi connectivity index (χ4n) is 1.97. The maximum Gasteiger partial charge on any atom is 0.419 e. The number of piperazine rings is 1. The normalized spacial score (nSPS) is 18.6. The highest BCUT2D eigenvalue weighted by Gasteiger charge is 2.36. The molecule has 0 aliphatic carbocycles. The lowest BCUT2D eigenvalue weighted by Crippen LogP contribution is -2.43. The Kier molecular flexibility index (Phi) is 3.39. The van der Waals surface area contributed by atoms with Crippen molar-refractivity contribution >= 4 is 0 Å². The van der Waals surface area contributed by atoms with E-state index in [1.165, 1.54) is 4.68 Å². The second-order valence-electron chi connectivity index (χ2n) is 4.15. The average molecular weight is 248 g/mol. The summed E-state index contributed by atoms with van der Waals surface area (Å²) >= 11 is 0. The molecule has 1 aliphatic heterocycles. The van der Waals surface area contributed by atoms with E-state index in [-0.39, 0.29) is 5.69 Å². The van der Waals surface area contributed by atoms with Gasteiger partial charge in [0.05, 0.1) is 17.5 Å². The number of alkyl halides is 3. The Morgan fingerprint density at radius 3 is 2.59 bits per heavy atom. The van der Waals surface area contributed by atoms with Crippen molar-refractivity contribution in [3.63, 3.8) is 0 Å². The van der Waals surface area contributed by atoms with E-state index < -0.39 is 11.7 Å². The van der Waals surface area contributed by atoms with Crippen LogP contribution in [0.1, 0.15) is 11.3 Å². The summed E-state index contributed by atoms with van der Waals surface area (Å²) in [7, 11) is 1.55. The van der Waals surface area contributed by atoms with E-state index in [1.807, 2.05) is 4.90 Å². The molecule has 0 saturated carbocycles. The molecule has 96 valence electrons. The fourth-order valence-corrected chi connectivity index (χ4v) is 1.97. The van der Waals surface area contributed by atoms with Gasteiger partial charge in [0.15, 0.2) is 0 Å². The van der Waals surface area contributed by atoms with Gasteiger partial charge in [0.2, 0.25) is 0 Å². The van der Waals surface area contributed by atoms with Gasteiger partial charge in [0.25, 0.3) is 0 Å². The Labute approximate surface area is 97.4 Å². The predicted molar refractivity (Wildman–Crippen MR) is 56.4 cm³/mol. The minimum atomic E-state index is -4.32. The summed E-state index contributed by atoms with van der Waals surface area (Å²) in [5.41, 5.74) is -0.391. The van der Waals surface area contributed by atoms with Crippen molar-refractivity contribution in [2.75, 3.05) is 26.2 Å². The van der Waals surface area contributed by atoms with Crippen molar-refractivity contribution < 1.29 is 13.2 Å². The standard InChI is InChI=1S/C10H15F3N4/c1-16-9(7-17-4-2-14-3-5-17)8(6-15-16)10(11,12)13/h6,14H,2-5,7H2,1H3. The molecule has 1 aliphatic rings. The van der Waals surface area contributed by atoms with Crippen LogP contribution in [0, 0.1) is 0 Å². The van der Waals surface area contributed by atoms with Crippen molar-refractivity contribution in [1.82, 2.24) is 20.0 Å². The molecule has 1 aromatic heterocycles. The summed E-state index contributed by atoms with van der Waals surface area (Å²) in [4.78, 5) is 2.00. The monoisotopic (exact) mass is 248 g/mol. The van der Waals surface area contributed by atoms with Crippen LogP contribution < -0.4 is 5.32 Å². The van der Waals surface area contributed by atoms with Crippen LogP contribution in [0.4, 0.5) is 13.2 Å². The highest BCUT2D eigenvalue weighted by Crippen LogP contribution is 2.32. The van der Waals surface area contributed by atoms with Crippen LogP contribution in [-0.4, -0.2) is 40.9 Å². The van der Waals surface area contributed by atoms with Crippen molar-refractivity contribution in [2.45, 2.75) is 12.7 Å². The van der Waals surface area contributed by atoms with Crippen LogP contribution in [0.25, 0.3) is 0 Å². The molecule has 0 atom stereocenters.